The summed E-state index contributed by atoms with van der Waals surface area (Å²) in [6.07, 6.45) is 0.501. The Bertz CT molecular complexity index is 540. The van der Waals surface area contributed by atoms with Gasteiger partial charge < -0.3 is 9.84 Å². The Balaban J connectivity index is 2.22. The van der Waals surface area contributed by atoms with Crippen molar-refractivity contribution in [2.75, 3.05) is 6.61 Å². The SMILES string of the molecule is CC1OCCC1(C)NS(=O)(=O)c1ccc(CO)cc1. The topological polar surface area (TPSA) is 75.6 Å². The average Bonchev–Trinajstić information content (AvgIpc) is 2.68. The average molecular weight is 285 g/mol. The standard InChI is InChI=1S/C13H19NO4S/c1-10-13(2,7-8-18-10)14-19(16,17)12-5-3-11(9-15)4-6-12/h3-6,10,14-15H,7-9H2,1-2H3. The van der Waals surface area contributed by atoms with Gasteiger partial charge in [0.15, 0.2) is 0 Å². The molecule has 1 aliphatic heterocycles. The Morgan fingerprint density at radius 1 is 1.42 bits per heavy atom. The van der Waals surface area contributed by atoms with E-state index < -0.39 is 15.6 Å². The molecule has 2 N–H and O–H groups in total. The summed E-state index contributed by atoms with van der Waals surface area (Å²) in [7, 11) is -3.57. The summed E-state index contributed by atoms with van der Waals surface area (Å²) in [6.45, 7) is 4.18. The molecule has 1 fully saturated rings. The highest BCUT2D eigenvalue weighted by Gasteiger charge is 2.40. The van der Waals surface area contributed by atoms with Crippen LogP contribution in [0.3, 0.4) is 0 Å². The van der Waals surface area contributed by atoms with Crippen LogP contribution in [0.4, 0.5) is 0 Å². The predicted octanol–water partition coefficient (Wildman–Crippen LogP) is 1.02. The van der Waals surface area contributed by atoms with Crippen molar-refractivity contribution in [3.63, 3.8) is 0 Å². The van der Waals surface area contributed by atoms with Crippen LogP contribution >= 0.6 is 0 Å². The largest absolute Gasteiger partial charge is 0.392 e. The molecule has 0 saturated carbocycles. The molecule has 0 bridgehead atoms. The second-order valence-corrected chi connectivity index (χ2v) is 6.77. The number of ether oxygens (including phenoxy) is 1. The van der Waals surface area contributed by atoms with E-state index in [4.69, 9.17) is 9.84 Å². The summed E-state index contributed by atoms with van der Waals surface area (Å²) < 4.78 is 32.8. The maximum Gasteiger partial charge on any atom is 0.241 e. The fourth-order valence-electron chi connectivity index (χ4n) is 2.11. The van der Waals surface area contributed by atoms with Crippen molar-refractivity contribution in [1.82, 2.24) is 4.72 Å². The molecule has 1 saturated heterocycles. The van der Waals surface area contributed by atoms with Gasteiger partial charge in [0.25, 0.3) is 0 Å². The van der Waals surface area contributed by atoms with E-state index in [2.05, 4.69) is 4.72 Å². The van der Waals surface area contributed by atoms with E-state index in [1.165, 1.54) is 12.1 Å². The van der Waals surface area contributed by atoms with Crippen molar-refractivity contribution in [3.8, 4) is 0 Å². The maximum atomic E-state index is 12.3. The summed E-state index contributed by atoms with van der Waals surface area (Å²) in [5, 5.41) is 8.96. The summed E-state index contributed by atoms with van der Waals surface area (Å²) in [5.41, 5.74) is 0.108. The van der Waals surface area contributed by atoms with Gasteiger partial charge in [0.1, 0.15) is 0 Å². The van der Waals surface area contributed by atoms with Crippen molar-refractivity contribution in [1.29, 1.82) is 0 Å². The Morgan fingerprint density at radius 3 is 2.53 bits per heavy atom. The van der Waals surface area contributed by atoms with E-state index in [1.54, 1.807) is 12.1 Å². The molecule has 19 heavy (non-hydrogen) atoms. The highest BCUT2D eigenvalue weighted by Crippen LogP contribution is 2.27. The smallest absolute Gasteiger partial charge is 0.241 e. The fraction of sp³-hybridized carbons (Fsp3) is 0.538. The summed E-state index contributed by atoms with van der Waals surface area (Å²) in [6, 6.07) is 6.20. The molecule has 5 nitrogen and oxygen atoms in total. The Hall–Kier alpha value is -0.950. The van der Waals surface area contributed by atoms with Gasteiger partial charge in [-0.1, -0.05) is 12.1 Å². The number of aliphatic hydroxyl groups is 1. The number of nitrogens with one attached hydrogen (secondary N) is 1. The molecule has 0 aliphatic carbocycles. The third-order valence-corrected chi connectivity index (χ3v) is 5.30. The van der Waals surface area contributed by atoms with Crippen LogP contribution in [0.15, 0.2) is 29.2 Å². The number of sulfonamides is 1. The minimum Gasteiger partial charge on any atom is -0.392 e. The lowest BCUT2D eigenvalue weighted by Crippen LogP contribution is -2.50. The van der Waals surface area contributed by atoms with Crippen LogP contribution in [0.5, 0.6) is 0 Å². The lowest BCUT2D eigenvalue weighted by Gasteiger charge is -2.28. The quantitative estimate of drug-likeness (QED) is 0.866. The predicted molar refractivity (Wildman–Crippen MR) is 71.1 cm³/mol. The number of benzene rings is 1. The van der Waals surface area contributed by atoms with Gasteiger partial charge in [0, 0.05) is 6.61 Å². The van der Waals surface area contributed by atoms with Gasteiger partial charge >= 0.3 is 0 Å². The zero-order valence-electron chi connectivity index (χ0n) is 11.1. The monoisotopic (exact) mass is 285 g/mol. The molecule has 1 aromatic rings. The van der Waals surface area contributed by atoms with Crippen LogP contribution in [-0.4, -0.2) is 31.8 Å². The van der Waals surface area contributed by atoms with E-state index in [-0.39, 0.29) is 17.6 Å². The molecule has 0 radical (unpaired) electrons. The molecular formula is C13H19NO4S. The van der Waals surface area contributed by atoms with Gasteiger partial charge in [-0.2, -0.15) is 0 Å². The molecule has 0 spiro atoms. The molecule has 2 rings (SSSR count). The van der Waals surface area contributed by atoms with Crippen LogP contribution in [0.2, 0.25) is 0 Å². The zero-order chi connectivity index (χ0) is 14.1. The molecule has 106 valence electrons. The van der Waals surface area contributed by atoms with Gasteiger partial charge in [-0.3, -0.25) is 0 Å². The first-order chi connectivity index (χ1) is 8.87. The van der Waals surface area contributed by atoms with Gasteiger partial charge in [-0.15, -0.1) is 0 Å². The highest BCUT2D eigenvalue weighted by molar-refractivity contribution is 7.89. The van der Waals surface area contributed by atoms with Gasteiger partial charge in [0.2, 0.25) is 10.0 Å². The number of hydrogen-bond acceptors (Lipinski definition) is 4. The third kappa shape index (κ3) is 2.97. The molecule has 1 aromatic carbocycles. The van der Waals surface area contributed by atoms with Crippen LogP contribution < -0.4 is 4.72 Å². The lowest BCUT2D eigenvalue weighted by atomic mass is 9.97. The number of rotatable bonds is 4. The molecule has 2 unspecified atom stereocenters. The molecule has 6 heteroatoms. The van der Waals surface area contributed by atoms with Crippen LogP contribution in [0, 0.1) is 0 Å². The van der Waals surface area contributed by atoms with Crippen molar-refractivity contribution in [3.05, 3.63) is 29.8 Å². The Kier molecular flexibility index (Phi) is 3.96. The molecule has 1 aliphatic rings. The molecule has 1 heterocycles. The molecule has 0 aromatic heterocycles. The first-order valence-electron chi connectivity index (χ1n) is 6.23. The first kappa shape index (κ1) is 14.5. The minimum absolute atomic E-state index is 0.101. The van der Waals surface area contributed by atoms with Crippen LogP contribution in [0.1, 0.15) is 25.8 Å². The second kappa shape index (κ2) is 5.20. The fourth-order valence-corrected chi connectivity index (χ4v) is 3.60. The Morgan fingerprint density at radius 2 is 2.05 bits per heavy atom. The summed E-state index contributed by atoms with van der Waals surface area (Å²) >= 11 is 0. The van der Waals surface area contributed by atoms with Crippen LogP contribution in [-0.2, 0) is 21.4 Å². The van der Waals surface area contributed by atoms with Gasteiger partial charge in [0.05, 0.1) is 23.1 Å². The van der Waals surface area contributed by atoms with Crippen molar-refractivity contribution >= 4 is 10.0 Å². The molecular weight excluding hydrogens is 266 g/mol. The normalized spacial score (nSPS) is 27.6. The van der Waals surface area contributed by atoms with Gasteiger partial charge in [-0.05, 0) is 38.0 Å². The highest BCUT2D eigenvalue weighted by atomic mass is 32.2. The Labute approximate surface area is 113 Å². The summed E-state index contributed by atoms with van der Waals surface area (Å²) in [4.78, 5) is 0.199. The van der Waals surface area contributed by atoms with E-state index in [0.29, 0.717) is 18.6 Å². The van der Waals surface area contributed by atoms with E-state index in [9.17, 15) is 8.42 Å². The second-order valence-electron chi connectivity index (χ2n) is 5.09. The zero-order valence-corrected chi connectivity index (χ0v) is 11.9. The summed E-state index contributed by atoms with van der Waals surface area (Å²) in [5.74, 6) is 0. The van der Waals surface area contributed by atoms with Crippen molar-refractivity contribution < 1.29 is 18.3 Å². The molecule has 2 atom stereocenters. The van der Waals surface area contributed by atoms with E-state index >= 15 is 0 Å². The van der Waals surface area contributed by atoms with E-state index in [1.807, 2.05) is 13.8 Å². The van der Waals surface area contributed by atoms with Gasteiger partial charge in [-0.25, -0.2) is 13.1 Å². The molecule has 0 amide bonds. The number of hydrogen-bond donors (Lipinski definition) is 2. The number of aliphatic hydroxyl groups excluding tert-OH is 1. The maximum absolute atomic E-state index is 12.3. The van der Waals surface area contributed by atoms with Crippen LogP contribution in [0.25, 0.3) is 0 Å². The third-order valence-electron chi connectivity index (χ3n) is 3.67. The van der Waals surface area contributed by atoms with Crippen molar-refractivity contribution in [2.45, 2.75) is 43.4 Å². The van der Waals surface area contributed by atoms with E-state index in [0.717, 1.165) is 0 Å². The van der Waals surface area contributed by atoms with Crippen molar-refractivity contribution in [2.24, 2.45) is 0 Å². The first-order valence-corrected chi connectivity index (χ1v) is 7.71. The minimum atomic E-state index is -3.57. The lowest BCUT2D eigenvalue weighted by molar-refractivity contribution is 0.0957.